The van der Waals surface area contributed by atoms with Crippen LogP contribution in [0.2, 0.25) is 0 Å². The first kappa shape index (κ1) is 30.8. The number of nitrogens with one attached hydrogen (secondary N) is 2. The molecule has 0 radical (unpaired) electrons. The van der Waals surface area contributed by atoms with Crippen LogP contribution < -0.4 is 20.9 Å². The van der Waals surface area contributed by atoms with Crippen LogP contribution in [-0.4, -0.2) is 75.6 Å². The monoisotopic (exact) mass is 596 g/mol. The van der Waals surface area contributed by atoms with Gasteiger partial charge >= 0.3 is 18.3 Å². The van der Waals surface area contributed by atoms with Gasteiger partial charge in [-0.05, 0) is 58.9 Å². The summed E-state index contributed by atoms with van der Waals surface area (Å²) < 4.78 is 68.7. The molecule has 0 bridgehead atoms. The number of carbonyl (C=O) groups excluding carboxylic acids is 1. The number of likely N-dealkylation sites (tertiary alicyclic amines) is 1. The molecule has 1 aromatic carbocycles. The van der Waals surface area contributed by atoms with Gasteiger partial charge in [0.15, 0.2) is 5.82 Å². The molecule has 42 heavy (non-hydrogen) atoms. The van der Waals surface area contributed by atoms with Crippen molar-refractivity contribution >= 4 is 22.8 Å². The molecule has 228 valence electrons. The van der Waals surface area contributed by atoms with Crippen LogP contribution in [0.5, 0.6) is 11.8 Å². The number of aromatic nitrogens is 3. The molecule has 1 aliphatic rings. The quantitative estimate of drug-likeness (QED) is 0.273. The summed E-state index contributed by atoms with van der Waals surface area (Å²) in [6, 6.07) is 3.22. The number of para-hydroxylation sites is 1. The van der Waals surface area contributed by atoms with E-state index in [2.05, 4.69) is 25.5 Å². The van der Waals surface area contributed by atoms with Crippen LogP contribution in [0.3, 0.4) is 0 Å². The summed E-state index contributed by atoms with van der Waals surface area (Å²) in [6.07, 6.45) is -4.90. The maximum atomic E-state index is 14.8. The van der Waals surface area contributed by atoms with Gasteiger partial charge in [0.05, 0.1) is 5.39 Å². The molecule has 1 saturated heterocycles. The second kappa shape index (κ2) is 12.0. The molecule has 3 heterocycles. The number of piperidine rings is 1. The Labute approximate surface area is 238 Å². The van der Waals surface area contributed by atoms with Gasteiger partial charge in [0.25, 0.3) is 5.56 Å². The third-order valence-electron chi connectivity index (χ3n) is 6.36. The minimum absolute atomic E-state index is 0.00213. The van der Waals surface area contributed by atoms with Gasteiger partial charge in [0.1, 0.15) is 40.2 Å². The van der Waals surface area contributed by atoms with E-state index < -0.39 is 51.9 Å². The highest BCUT2D eigenvalue weighted by Gasteiger charge is 2.38. The van der Waals surface area contributed by atoms with E-state index >= 15 is 0 Å². The van der Waals surface area contributed by atoms with E-state index in [9.17, 15) is 32.3 Å². The summed E-state index contributed by atoms with van der Waals surface area (Å²) in [5, 5.41) is 15.3. The SMILES string of the molecule is CN1CCC(Oc2nc(NCCNC(=O)OC(C)(C)C)c3cc(C(F)(F)F)n(-c4c(O)cccc4F)c(=O)c3n2)CC1. The first-order valence-electron chi connectivity index (χ1n) is 13.2. The predicted octanol–water partition coefficient (Wildman–Crippen LogP) is 4.05. The maximum absolute atomic E-state index is 14.8. The number of alkyl carbamates (subject to hydrolysis) is 1. The number of amides is 1. The zero-order valence-electron chi connectivity index (χ0n) is 23.5. The number of benzene rings is 1. The van der Waals surface area contributed by atoms with Crippen molar-refractivity contribution in [3.8, 4) is 17.4 Å². The third kappa shape index (κ3) is 7.19. The zero-order valence-corrected chi connectivity index (χ0v) is 23.5. The Morgan fingerprint density at radius 1 is 1.14 bits per heavy atom. The standard InChI is InChI=1S/C27H32F4N6O5/c1-26(2,3)42-25(40)33-11-10-32-22-16-14-19(27(29,30)31)37(21-17(28)6-5-7-18(21)38)23(39)20(16)34-24(35-22)41-15-8-12-36(4)13-9-15/h5-7,14-15,38H,8-13H2,1-4H3,(H,33,40)(H,32,34,35). The summed E-state index contributed by atoms with van der Waals surface area (Å²) in [5.74, 6) is -2.28. The van der Waals surface area contributed by atoms with Crippen LogP contribution in [0, 0.1) is 5.82 Å². The highest BCUT2D eigenvalue weighted by molar-refractivity contribution is 5.89. The Kier molecular flexibility index (Phi) is 8.80. The maximum Gasteiger partial charge on any atom is 0.431 e. The summed E-state index contributed by atoms with van der Waals surface area (Å²) in [7, 11) is 1.95. The van der Waals surface area contributed by atoms with Crippen LogP contribution in [-0.2, 0) is 10.9 Å². The molecule has 1 amide bonds. The Balaban J connectivity index is 1.80. The first-order chi connectivity index (χ1) is 19.6. The summed E-state index contributed by atoms with van der Waals surface area (Å²) >= 11 is 0. The van der Waals surface area contributed by atoms with Gasteiger partial charge in [-0.3, -0.25) is 9.36 Å². The van der Waals surface area contributed by atoms with Gasteiger partial charge in [-0.1, -0.05) is 6.07 Å². The summed E-state index contributed by atoms with van der Waals surface area (Å²) in [5.41, 5.74) is -5.09. The minimum Gasteiger partial charge on any atom is -0.506 e. The lowest BCUT2D eigenvalue weighted by Gasteiger charge is -2.28. The largest absolute Gasteiger partial charge is 0.506 e. The Bertz CT molecular complexity index is 1490. The van der Waals surface area contributed by atoms with Crippen molar-refractivity contribution in [2.24, 2.45) is 0 Å². The molecule has 11 nitrogen and oxygen atoms in total. The molecule has 2 aromatic heterocycles. The van der Waals surface area contributed by atoms with Crippen molar-refractivity contribution in [1.29, 1.82) is 0 Å². The van der Waals surface area contributed by atoms with Crippen molar-refractivity contribution < 1.29 is 36.9 Å². The van der Waals surface area contributed by atoms with Crippen molar-refractivity contribution in [2.45, 2.75) is 51.5 Å². The highest BCUT2D eigenvalue weighted by atomic mass is 19.4. The number of anilines is 1. The molecule has 0 spiro atoms. The number of phenols is 1. The highest BCUT2D eigenvalue weighted by Crippen LogP contribution is 2.36. The molecule has 3 aromatic rings. The second-order valence-corrected chi connectivity index (χ2v) is 10.9. The Morgan fingerprint density at radius 2 is 1.83 bits per heavy atom. The average Bonchev–Trinajstić information content (AvgIpc) is 2.87. The van der Waals surface area contributed by atoms with Crippen LogP contribution in [0.15, 0.2) is 29.1 Å². The Morgan fingerprint density at radius 3 is 2.45 bits per heavy atom. The zero-order chi connectivity index (χ0) is 30.8. The van der Waals surface area contributed by atoms with Crippen molar-refractivity contribution in [3.05, 3.63) is 46.1 Å². The third-order valence-corrected chi connectivity index (χ3v) is 6.36. The molecule has 0 unspecified atom stereocenters. The molecule has 0 aliphatic carbocycles. The molecule has 1 aliphatic heterocycles. The van der Waals surface area contributed by atoms with Crippen molar-refractivity contribution in [3.63, 3.8) is 0 Å². The molecule has 15 heteroatoms. The van der Waals surface area contributed by atoms with Crippen LogP contribution in [0.4, 0.5) is 28.2 Å². The molecule has 4 rings (SSSR count). The van der Waals surface area contributed by atoms with E-state index in [-0.39, 0.29) is 41.0 Å². The van der Waals surface area contributed by atoms with Crippen molar-refractivity contribution in [2.75, 3.05) is 38.5 Å². The van der Waals surface area contributed by atoms with Gasteiger partial charge in [-0.2, -0.15) is 23.1 Å². The first-order valence-corrected chi connectivity index (χ1v) is 13.2. The number of hydrogen-bond donors (Lipinski definition) is 3. The lowest BCUT2D eigenvalue weighted by atomic mass is 10.1. The number of ether oxygens (including phenoxy) is 2. The fourth-order valence-corrected chi connectivity index (χ4v) is 4.42. The second-order valence-electron chi connectivity index (χ2n) is 10.9. The van der Waals surface area contributed by atoms with Gasteiger partial charge < -0.3 is 30.1 Å². The number of alkyl halides is 3. The van der Waals surface area contributed by atoms with E-state index in [1.807, 2.05) is 7.05 Å². The van der Waals surface area contributed by atoms with Gasteiger partial charge in [0.2, 0.25) is 0 Å². The number of hydrogen-bond acceptors (Lipinski definition) is 9. The Hall–Kier alpha value is -4.14. The fraction of sp³-hybridized carbons (Fsp3) is 0.481. The molecule has 3 N–H and O–H groups in total. The number of phenolic OH excluding ortho intramolecular Hbond substituents is 1. The lowest BCUT2D eigenvalue weighted by Crippen LogP contribution is -2.36. The van der Waals surface area contributed by atoms with E-state index in [1.54, 1.807) is 20.8 Å². The average molecular weight is 597 g/mol. The minimum atomic E-state index is -5.14. The number of nitrogens with zero attached hydrogens (tertiary/aromatic N) is 4. The van der Waals surface area contributed by atoms with Crippen LogP contribution >= 0.6 is 0 Å². The van der Waals surface area contributed by atoms with E-state index in [4.69, 9.17) is 9.47 Å². The number of halogens is 4. The number of carbonyl (C=O) groups is 1. The van der Waals surface area contributed by atoms with Gasteiger partial charge in [0, 0.05) is 26.2 Å². The normalized spacial score (nSPS) is 15.0. The molecular weight excluding hydrogens is 564 g/mol. The number of rotatable bonds is 7. The summed E-state index contributed by atoms with van der Waals surface area (Å²) in [6.45, 7) is 6.51. The van der Waals surface area contributed by atoms with Crippen LogP contribution in [0.1, 0.15) is 39.3 Å². The fourth-order valence-electron chi connectivity index (χ4n) is 4.42. The number of aromatic hydroxyl groups is 1. The van der Waals surface area contributed by atoms with Crippen LogP contribution in [0.25, 0.3) is 16.6 Å². The topological polar surface area (TPSA) is 131 Å². The lowest BCUT2D eigenvalue weighted by molar-refractivity contribution is -0.142. The van der Waals surface area contributed by atoms with Crippen molar-refractivity contribution in [1.82, 2.24) is 24.8 Å². The molecule has 0 atom stereocenters. The van der Waals surface area contributed by atoms with E-state index in [0.717, 1.165) is 31.3 Å². The van der Waals surface area contributed by atoms with E-state index in [1.165, 1.54) is 0 Å². The summed E-state index contributed by atoms with van der Waals surface area (Å²) in [4.78, 5) is 36.1. The van der Waals surface area contributed by atoms with Gasteiger partial charge in [-0.15, -0.1) is 0 Å². The predicted molar refractivity (Wildman–Crippen MR) is 146 cm³/mol. The number of pyridine rings is 1. The van der Waals surface area contributed by atoms with E-state index in [0.29, 0.717) is 18.9 Å². The molecule has 1 fully saturated rings. The van der Waals surface area contributed by atoms with Gasteiger partial charge in [-0.25, -0.2) is 9.18 Å². The molecular formula is C27H32F4N6O5. The number of fused-ring (bicyclic) bond motifs is 1. The smallest absolute Gasteiger partial charge is 0.431 e. The molecule has 0 saturated carbocycles.